The lowest BCUT2D eigenvalue weighted by atomic mass is 9.81. The zero-order valence-corrected chi connectivity index (χ0v) is 13.1. The minimum Gasteiger partial charge on any atom is -0.300 e. The fraction of sp³-hybridized carbons (Fsp3) is 1.00. The van der Waals surface area contributed by atoms with Crippen molar-refractivity contribution in [2.45, 2.75) is 77.2 Å². The highest BCUT2D eigenvalue weighted by atomic mass is 32.1. The third-order valence-corrected chi connectivity index (χ3v) is 5.57. The van der Waals surface area contributed by atoms with Crippen LogP contribution in [0.3, 0.4) is 0 Å². The molecule has 0 aliphatic heterocycles. The second kappa shape index (κ2) is 7.19. The minimum atomic E-state index is 0.538. The van der Waals surface area contributed by atoms with Crippen LogP contribution in [0.5, 0.6) is 0 Å². The van der Waals surface area contributed by atoms with Crippen LogP contribution >= 0.6 is 12.6 Å². The Morgan fingerprint density at radius 2 is 1.78 bits per heavy atom. The molecule has 0 aromatic carbocycles. The van der Waals surface area contributed by atoms with Crippen LogP contribution in [-0.2, 0) is 0 Å². The Morgan fingerprint density at radius 3 is 2.28 bits per heavy atom. The molecule has 0 unspecified atom stereocenters. The molecule has 106 valence electrons. The van der Waals surface area contributed by atoms with Gasteiger partial charge in [-0.2, -0.15) is 12.6 Å². The minimum absolute atomic E-state index is 0.538. The van der Waals surface area contributed by atoms with Gasteiger partial charge < -0.3 is 0 Å². The van der Waals surface area contributed by atoms with Crippen LogP contribution in [-0.4, -0.2) is 29.8 Å². The molecule has 0 radical (unpaired) electrons. The van der Waals surface area contributed by atoms with E-state index in [0.29, 0.717) is 5.41 Å². The molecule has 18 heavy (non-hydrogen) atoms. The Morgan fingerprint density at radius 1 is 1.11 bits per heavy atom. The average Bonchev–Trinajstić information content (AvgIpc) is 3.21. The van der Waals surface area contributed by atoms with Crippen molar-refractivity contribution in [1.29, 1.82) is 0 Å². The summed E-state index contributed by atoms with van der Waals surface area (Å²) in [6.07, 6.45) is 14.2. The SMILES string of the molecule is CCCCN(CC1(CS)CCCCCC1)C1CC1. The molecule has 1 nitrogen and oxygen atoms in total. The standard InChI is InChI=1S/C16H31NS/c1-2-3-12-17(15-8-9-15)13-16(14-18)10-6-4-5-7-11-16/h15,18H,2-14H2,1H3. The molecule has 0 saturated heterocycles. The first kappa shape index (κ1) is 14.7. The molecule has 2 rings (SSSR count). The van der Waals surface area contributed by atoms with Crippen molar-refractivity contribution in [3.05, 3.63) is 0 Å². The second-order valence-corrected chi connectivity index (χ2v) is 6.94. The number of hydrogen-bond acceptors (Lipinski definition) is 2. The van der Waals surface area contributed by atoms with Crippen LogP contribution in [0.2, 0.25) is 0 Å². The summed E-state index contributed by atoms with van der Waals surface area (Å²) in [5, 5.41) is 0. The molecule has 2 saturated carbocycles. The predicted octanol–water partition coefficient (Wildman–Crippen LogP) is 4.52. The van der Waals surface area contributed by atoms with E-state index in [9.17, 15) is 0 Å². The van der Waals surface area contributed by atoms with E-state index in [-0.39, 0.29) is 0 Å². The van der Waals surface area contributed by atoms with Gasteiger partial charge in [-0.05, 0) is 49.8 Å². The molecule has 2 aliphatic carbocycles. The maximum atomic E-state index is 4.72. The third-order valence-electron chi connectivity index (χ3n) is 4.90. The van der Waals surface area contributed by atoms with Crippen molar-refractivity contribution < 1.29 is 0 Å². The Balaban J connectivity index is 1.92. The number of unbranched alkanes of at least 4 members (excludes halogenated alkanes) is 1. The van der Waals surface area contributed by atoms with Crippen LogP contribution in [0.15, 0.2) is 0 Å². The van der Waals surface area contributed by atoms with Gasteiger partial charge in [0.05, 0.1) is 0 Å². The molecular weight excluding hydrogens is 238 g/mol. The number of thiol groups is 1. The van der Waals surface area contributed by atoms with Gasteiger partial charge in [-0.1, -0.05) is 39.0 Å². The highest BCUT2D eigenvalue weighted by Crippen LogP contribution is 2.39. The Labute approximate surface area is 119 Å². The molecule has 2 heteroatoms. The van der Waals surface area contributed by atoms with Crippen LogP contribution in [0.1, 0.15) is 71.1 Å². The zero-order chi connectivity index (χ0) is 12.8. The van der Waals surface area contributed by atoms with Crippen molar-refractivity contribution in [3.63, 3.8) is 0 Å². The first-order valence-corrected chi connectivity index (χ1v) is 8.78. The maximum Gasteiger partial charge on any atom is 0.00966 e. The van der Waals surface area contributed by atoms with E-state index >= 15 is 0 Å². The Bertz CT molecular complexity index is 229. The van der Waals surface area contributed by atoms with E-state index < -0.39 is 0 Å². The zero-order valence-electron chi connectivity index (χ0n) is 12.2. The summed E-state index contributed by atoms with van der Waals surface area (Å²) in [6.45, 7) is 4.98. The quantitative estimate of drug-likeness (QED) is 0.525. The lowest BCUT2D eigenvalue weighted by molar-refractivity contribution is 0.142. The van der Waals surface area contributed by atoms with Crippen molar-refractivity contribution >= 4 is 12.6 Å². The molecule has 0 bridgehead atoms. The topological polar surface area (TPSA) is 3.24 Å². The molecule has 0 spiro atoms. The summed E-state index contributed by atoms with van der Waals surface area (Å²) in [6, 6.07) is 0.927. The van der Waals surface area contributed by atoms with E-state index in [0.717, 1.165) is 11.8 Å². The molecule has 2 fully saturated rings. The summed E-state index contributed by atoms with van der Waals surface area (Å²) in [4.78, 5) is 2.81. The summed E-state index contributed by atoms with van der Waals surface area (Å²) in [5.41, 5.74) is 0.538. The van der Waals surface area contributed by atoms with Gasteiger partial charge in [0.1, 0.15) is 0 Å². The van der Waals surface area contributed by atoms with Gasteiger partial charge in [-0.3, -0.25) is 4.90 Å². The van der Waals surface area contributed by atoms with Gasteiger partial charge in [-0.25, -0.2) is 0 Å². The van der Waals surface area contributed by atoms with E-state index in [2.05, 4.69) is 11.8 Å². The Hall–Kier alpha value is 0.310. The first-order valence-electron chi connectivity index (χ1n) is 8.14. The van der Waals surface area contributed by atoms with Crippen molar-refractivity contribution in [1.82, 2.24) is 4.90 Å². The van der Waals surface area contributed by atoms with Crippen molar-refractivity contribution in [2.75, 3.05) is 18.8 Å². The van der Waals surface area contributed by atoms with Gasteiger partial charge in [0.15, 0.2) is 0 Å². The second-order valence-electron chi connectivity index (χ2n) is 6.63. The lowest BCUT2D eigenvalue weighted by Crippen LogP contribution is -2.40. The fourth-order valence-corrected chi connectivity index (χ4v) is 3.88. The highest BCUT2D eigenvalue weighted by molar-refractivity contribution is 7.80. The van der Waals surface area contributed by atoms with Gasteiger partial charge in [-0.15, -0.1) is 0 Å². The number of hydrogen-bond donors (Lipinski definition) is 1. The normalized spacial score (nSPS) is 24.2. The van der Waals surface area contributed by atoms with Gasteiger partial charge in [0, 0.05) is 12.6 Å². The van der Waals surface area contributed by atoms with E-state index in [4.69, 9.17) is 12.6 Å². The molecule has 0 atom stereocenters. The molecule has 0 aromatic rings. The molecular formula is C16H31NS. The molecule has 0 amide bonds. The smallest absolute Gasteiger partial charge is 0.00966 e. The van der Waals surface area contributed by atoms with E-state index in [1.54, 1.807) is 0 Å². The molecule has 0 heterocycles. The fourth-order valence-electron chi connectivity index (χ4n) is 3.47. The largest absolute Gasteiger partial charge is 0.300 e. The number of nitrogens with zero attached hydrogens (tertiary/aromatic N) is 1. The van der Waals surface area contributed by atoms with Gasteiger partial charge in [0.25, 0.3) is 0 Å². The average molecular weight is 269 g/mol. The highest BCUT2D eigenvalue weighted by Gasteiger charge is 2.36. The van der Waals surface area contributed by atoms with Gasteiger partial charge in [0.2, 0.25) is 0 Å². The molecule has 2 aliphatic rings. The van der Waals surface area contributed by atoms with Crippen LogP contribution in [0, 0.1) is 5.41 Å². The Kier molecular flexibility index (Phi) is 5.88. The van der Waals surface area contributed by atoms with Crippen LogP contribution < -0.4 is 0 Å². The predicted molar refractivity (Wildman–Crippen MR) is 83.5 cm³/mol. The third kappa shape index (κ3) is 4.16. The van der Waals surface area contributed by atoms with Gasteiger partial charge >= 0.3 is 0 Å². The summed E-state index contributed by atoms with van der Waals surface area (Å²) < 4.78 is 0. The van der Waals surface area contributed by atoms with Crippen LogP contribution in [0.4, 0.5) is 0 Å². The molecule has 0 N–H and O–H groups in total. The first-order chi connectivity index (χ1) is 8.79. The summed E-state index contributed by atoms with van der Waals surface area (Å²) >= 11 is 4.72. The van der Waals surface area contributed by atoms with E-state index in [1.807, 2.05) is 0 Å². The summed E-state index contributed by atoms with van der Waals surface area (Å²) in [5.74, 6) is 1.10. The van der Waals surface area contributed by atoms with Crippen molar-refractivity contribution in [2.24, 2.45) is 5.41 Å². The molecule has 0 aromatic heterocycles. The number of rotatable bonds is 7. The maximum absolute atomic E-state index is 4.72. The lowest BCUT2D eigenvalue weighted by Gasteiger charge is -2.37. The van der Waals surface area contributed by atoms with E-state index in [1.165, 1.54) is 77.3 Å². The van der Waals surface area contributed by atoms with Crippen LogP contribution in [0.25, 0.3) is 0 Å². The van der Waals surface area contributed by atoms with Crippen molar-refractivity contribution in [3.8, 4) is 0 Å². The monoisotopic (exact) mass is 269 g/mol. The summed E-state index contributed by atoms with van der Waals surface area (Å²) in [7, 11) is 0.